The number of ether oxygens (including phenoxy) is 1. The molecule has 1 aliphatic rings. The van der Waals surface area contributed by atoms with Crippen molar-refractivity contribution >= 4 is 49.3 Å². The van der Waals surface area contributed by atoms with Gasteiger partial charge in [0, 0.05) is 33.9 Å². The van der Waals surface area contributed by atoms with Crippen LogP contribution in [0, 0.1) is 0 Å². The molecule has 4 rings (SSSR count). The highest BCUT2D eigenvalue weighted by Gasteiger charge is 2.31. The Kier molecular flexibility index (Phi) is 8.04. The number of hydrogen-bond acceptors (Lipinski definition) is 5. The number of halogens is 4. The molecule has 1 aromatic heterocycles. The van der Waals surface area contributed by atoms with Crippen molar-refractivity contribution < 1.29 is 26.7 Å². The van der Waals surface area contributed by atoms with Gasteiger partial charge in [-0.05, 0) is 56.1 Å². The lowest BCUT2D eigenvalue weighted by molar-refractivity contribution is -0.274. The predicted octanol–water partition coefficient (Wildman–Crippen LogP) is 6.15. The molecule has 0 bridgehead atoms. The largest absolute Gasteiger partial charge is 0.755 e. The highest BCUT2D eigenvalue weighted by Crippen LogP contribution is 2.42. The number of nitrogens with zero attached hydrogens (tertiary/aromatic N) is 2. The predicted molar refractivity (Wildman–Crippen MR) is 129 cm³/mol. The maximum Gasteiger partial charge on any atom is 0.573 e. The molecule has 1 fully saturated rings. The van der Waals surface area contributed by atoms with Crippen LogP contribution in [0.15, 0.2) is 48.5 Å². The van der Waals surface area contributed by atoms with Gasteiger partial charge in [-0.15, -0.1) is 24.5 Å². The number of thiophene rings is 1. The van der Waals surface area contributed by atoms with Gasteiger partial charge in [0.05, 0.1) is 5.02 Å². The summed E-state index contributed by atoms with van der Waals surface area (Å²) in [5.41, 5.74) is 0.796. The van der Waals surface area contributed by atoms with E-state index in [4.69, 9.17) is 11.6 Å². The number of benzene rings is 2. The molecule has 2 heterocycles. The van der Waals surface area contributed by atoms with Gasteiger partial charge >= 0.3 is 6.36 Å². The monoisotopic (exact) mass is 531 g/mol. The summed E-state index contributed by atoms with van der Waals surface area (Å²) in [7, 11) is 0. The van der Waals surface area contributed by atoms with Crippen LogP contribution in [0.5, 0.6) is 5.75 Å². The van der Waals surface area contributed by atoms with Crippen molar-refractivity contribution in [3.63, 3.8) is 0 Å². The Morgan fingerprint density at radius 1 is 1.12 bits per heavy atom. The lowest BCUT2D eigenvalue weighted by atomic mass is 10.0. The summed E-state index contributed by atoms with van der Waals surface area (Å²) in [6.45, 7) is 1.85. The molecule has 184 valence electrons. The molecule has 0 saturated carbocycles. The van der Waals surface area contributed by atoms with Crippen LogP contribution in [0.1, 0.15) is 24.8 Å². The van der Waals surface area contributed by atoms with E-state index in [-0.39, 0.29) is 18.3 Å². The number of piperidine rings is 1. The van der Waals surface area contributed by atoms with Gasteiger partial charge in [-0.25, -0.2) is 0 Å². The Morgan fingerprint density at radius 2 is 1.79 bits per heavy atom. The number of likely N-dealkylation sites (tertiary alicyclic amines) is 1. The fourth-order valence-electron chi connectivity index (χ4n) is 4.26. The number of anilines is 1. The molecule has 0 amide bonds. The molecule has 0 spiro atoms. The summed E-state index contributed by atoms with van der Waals surface area (Å²) in [6.07, 6.45) is -1.13. The minimum absolute atomic E-state index is 0.172. The van der Waals surface area contributed by atoms with E-state index in [1.165, 1.54) is 27.8 Å². The molecule has 0 aliphatic carbocycles. The topological polar surface area (TPSA) is 55.8 Å². The molecule has 2 unspecified atom stereocenters. The van der Waals surface area contributed by atoms with Crippen molar-refractivity contribution in [3.05, 3.63) is 59.1 Å². The van der Waals surface area contributed by atoms with Gasteiger partial charge in [-0.3, -0.25) is 13.4 Å². The summed E-state index contributed by atoms with van der Waals surface area (Å²) >= 11 is 5.34. The van der Waals surface area contributed by atoms with Crippen molar-refractivity contribution in [2.45, 2.75) is 38.1 Å². The normalized spacial score (nSPS) is 17.0. The molecule has 2 aromatic carbocycles. The van der Waals surface area contributed by atoms with Gasteiger partial charge in [-0.2, -0.15) is 0 Å². The standard InChI is InChI=1S/C23H24ClF3N2O3S2/c24-21-19-6-2-3-7-20(19)33-22(21)29(34(30)31)15-17(28-12-4-1-5-13-28)14-16-8-10-18(11-9-16)32-23(25,26)27/h2-3,6-11,17H,1,4-5,12-15H2,(H,30,31)/p-1. The van der Waals surface area contributed by atoms with E-state index < -0.39 is 17.6 Å². The van der Waals surface area contributed by atoms with Gasteiger partial charge in [-0.1, -0.05) is 48.4 Å². The van der Waals surface area contributed by atoms with E-state index in [0.29, 0.717) is 16.4 Å². The van der Waals surface area contributed by atoms with Crippen LogP contribution in [0.2, 0.25) is 5.02 Å². The maximum absolute atomic E-state index is 12.5. The summed E-state index contributed by atoms with van der Waals surface area (Å²) in [4.78, 5) is 2.25. The van der Waals surface area contributed by atoms with E-state index >= 15 is 0 Å². The number of fused-ring (bicyclic) bond motifs is 1. The zero-order valence-electron chi connectivity index (χ0n) is 18.1. The molecule has 0 N–H and O–H groups in total. The van der Waals surface area contributed by atoms with Gasteiger partial charge in [0.25, 0.3) is 0 Å². The fraction of sp³-hybridized carbons (Fsp3) is 0.391. The zero-order valence-corrected chi connectivity index (χ0v) is 20.5. The minimum Gasteiger partial charge on any atom is -0.755 e. The van der Waals surface area contributed by atoms with Gasteiger partial charge in [0.2, 0.25) is 0 Å². The third kappa shape index (κ3) is 6.23. The highest BCUT2D eigenvalue weighted by molar-refractivity contribution is 7.81. The molecule has 0 radical (unpaired) electrons. The Labute approximate surface area is 207 Å². The van der Waals surface area contributed by atoms with Crippen molar-refractivity contribution in [2.24, 2.45) is 0 Å². The van der Waals surface area contributed by atoms with Crippen molar-refractivity contribution in [1.29, 1.82) is 0 Å². The lowest BCUT2D eigenvalue weighted by Gasteiger charge is -2.38. The van der Waals surface area contributed by atoms with Crippen LogP contribution >= 0.6 is 22.9 Å². The van der Waals surface area contributed by atoms with E-state index in [1.807, 2.05) is 24.3 Å². The van der Waals surface area contributed by atoms with Crippen molar-refractivity contribution in [2.75, 3.05) is 23.9 Å². The number of hydrogen-bond donors (Lipinski definition) is 0. The Bertz CT molecular complexity index is 1130. The average molecular weight is 532 g/mol. The highest BCUT2D eigenvalue weighted by atomic mass is 35.5. The van der Waals surface area contributed by atoms with Gasteiger partial charge < -0.3 is 9.29 Å². The maximum atomic E-state index is 12.5. The van der Waals surface area contributed by atoms with Crippen LogP contribution < -0.4 is 9.04 Å². The third-order valence-electron chi connectivity index (χ3n) is 5.84. The third-order valence-corrected chi connectivity index (χ3v) is 8.33. The molecular formula is C23H23ClF3N2O3S2-. The summed E-state index contributed by atoms with van der Waals surface area (Å²) in [5, 5.41) is 1.66. The van der Waals surface area contributed by atoms with Gasteiger partial charge in [0.15, 0.2) is 0 Å². The molecule has 1 aliphatic heterocycles. The number of alkyl halides is 3. The Hall–Kier alpha value is -1.85. The second kappa shape index (κ2) is 10.8. The van der Waals surface area contributed by atoms with Crippen LogP contribution in [0.4, 0.5) is 18.2 Å². The smallest absolute Gasteiger partial charge is 0.573 e. The van der Waals surface area contributed by atoms with Gasteiger partial charge in [0.1, 0.15) is 10.8 Å². The average Bonchev–Trinajstić information content (AvgIpc) is 3.13. The molecule has 34 heavy (non-hydrogen) atoms. The fourth-order valence-corrected chi connectivity index (χ4v) is 6.57. The van der Waals surface area contributed by atoms with Crippen LogP contribution in [-0.4, -0.2) is 45.7 Å². The molecule has 11 heteroatoms. The van der Waals surface area contributed by atoms with Crippen LogP contribution in [-0.2, 0) is 17.7 Å². The molecule has 2 atom stereocenters. The second-order valence-corrected chi connectivity index (χ2v) is 10.4. The van der Waals surface area contributed by atoms with Crippen LogP contribution in [0.3, 0.4) is 0 Å². The first-order valence-electron chi connectivity index (χ1n) is 10.8. The summed E-state index contributed by atoms with van der Waals surface area (Å²) in [6, 6.07) is 13.0. The zero-order chi connectivity index (χ0) is 24.3. The van der Waals surface area contributed by atoms with E-state index in [1.54, 1.807) is 12.1 Å². The number of rotatable bonds is 8. The summed E-state index contributed by atoms with van der Waals surface area (Å²) < 4.78 is 68.2. The minimum atomic E-state index is -4.75. The second-order valence-electron chi connectivity index (χ2n) is 8.14. The van der Waals surface area contributed by atoms with E-state index in [0.717, 1.165) is 48.0 Å². The van der Waals surface area contributed by atoms with E-state index in [9.17, 15) is 21.9 Å². The first-order valence-corrected chi connectivity index (χ1v) is 13.1. The Morgan fingerprint density at radius 3 is 2.41 bits per heavy atom. The van der Waals surface area contributed by atoms with E-state index in [2.05, 4.69) is 9.64 Å². The van der Waals surface area contributed by atoms with Crippen molar-refractivity contribution in [1.82, 2.24) is 4.90 Å². The quantitative estimate of drug-likeness (QED) is 0.327. The lowest BCUT2D eigenvalue weighted by Crippen LogP contribution is -2.47. The first-order chi connectivity index (χ1) is 16.2. The SMILES string of the molecule is O=S([O-])N(CC(Cc1ccc(OC(F)(F)F)cc1)N1CCCCC1)c1sc2ccccc2c1Cl. The van der Waals surface area contributed by atoms with Crippen molar-refractivity contribution in [3.8, 4) is 5.75 Å². The summed E-state index contributed by atoms with van der Waals surface area (Å²) in [5.74, 6) is -0.287. The molecule has 1 saturated heterocycles. The Balaban J connectivity index is 1.59. The molecule has 3 aromatic rings. The molecular weight excluding hydrogens is 509 g/mol. The molecule has 5 nitrogen and oxygen atoms in total. The first kappa shape index (κ1) is 25.2. The van der Waals surface area contributed by atoms with Crippen LogP contribution in [0.25, 0.3) is 10.1 Å².